The molecule has 31 heavy (non-hydrogen) atoms. The molecule has 3 aromatic rings. The van der Waals surface area contributed by atoms with Crippen LogP contribution >= 0.6 is 24.0 Å². The van der Waals surface area contributed by atoms with E-state index in [-0.39, 0.29) is 5.91 Å². The average Bonchev–Trinajstić information content (AvgIpc) is 3.30. The Hall–Kier alpha value is -2.70. The van der Waals surface area contributed by atoms with Crippen LogP contribution < -0.4 is 0 Å². The van der Waals surface area contributed by atoms with E-state index in [2.05, 4.69) is 39.0 Å². The van der Waals surface area contributed by atoms with Crippen molar-refractivity contribution in [2.45, 2.75) is 33.6 Å². The standard InChI is InChI=1S/C25H25N3OS2/c1-4-5-13-27-24(29)22(31-25(27)30)15-19-16-28(20-9-7-6-8-10-20)26-23(19)21-14-17(2)11-12-18(21)3/h6-12,14-16H,4-5,13H2,1-3H3. The van der Waals surface area contributed by atoms with E-state index in [1.165, 1.54) is 17.3 Å². The van der Waals surface area contributed by atoms with Gasteiger partial charge in [-0.3, -0.25) is 9.69 Å². The third-order valence-corrected chi connectivity index (χ3v) is 6.68. The number of nitrogens with zero attached hydrogens (tertiary/aromatic N) is 3. The zero-order valence-electron chi connectivity index (χ0n) is 18.0. The van der Waals surface area contributed by atoms with E-state index in [9.17, 15) is 4.79 Å². The van der Waals surface area contributed by atoms with Gasteiger partial charge in [-0.15, -0.1) is 0 Å². The molecule has 1 saturated heterocycles. The van der Waals surface area contributed by atoms with E-state index in [0.29, 0.717) is 15.8 Å². The SMILES string of the molecule is CCCCN1C(=O)C(=Cc2cn(-c3ccccc3)nc2-c2cc(C)ccc2C)SC1=S. The Balaban J connectivity index is 1.80. The lowest BCUT2D eigenvalue weighted by Gasteiger charge is -2.13. The lowest BCUT2D eigenvalue weighted by atomic mass is 10.0. The minimum Gasteiger partial charge on any atom is -0.293 e. The quantitative estimate of drug-likeness (QED) is 0.335. The molecule has 1 aliphatic heterocycles. The summed E-state index contributed by atoms with van der Waals surface area (Å²) in [5, 5.41) is 4.91. The van der Waals surface area contributed by atoms with Gasteiger partial charge in [0.15, 0.2) is 0 Å². The summed E-state index contributed by atoms with van der Waals surface area (Å²) in [6.45, 7) is 6.95. The molecule has 0 N–H and O–H groups in total. The normalized spacial score (nSPS) is 15.3. The number of thioether (sulfide) groups is 1. The first-order valence-corrected chi connectivity index (χ1v) is 11.7. The minimum absolute atomic E-state index is 0.0113. The molecule has 1 fully saturated rings. The van der Waals surface area contributed by atoms with E-state index >= 15 is 0 Å². The fourth-order valence-corrected chi connectivity index (χ4v) is 4.86. The Morgan fingerprint density at radius 1 is 1.13 bits per heavy atom. The first kappa shape index (κ1) is 21.5. The van der Waals surface area contributed by atoms with Crippen molar-refractivity contribution in [3.8, 4) is 16.9 Å². The van der Waals surface area contributed by atoms with Crippen molar-refractivity contribution in [3.63, 3.8) is 0 Å². The number of hydrogen-bond donors (Lipinski definition) is 0. The van der Waals surface area contributed by atoms with Gasteiger partial charge in [-0.1, -0.05) is 73.2 Å². The molecular weight excluding hydrogens is 422 g/mol. The number of amides is 1. The molecule has 1 aromatic heterocycles. The second kappa shape index (κ2) is 9.20. The van der Waals surface area contributed by atoms with Gasteiger partial charge in [-0.25, -0.2) is 4.68 Å². The highest BCUT2D eigenvalue weighted by molar-refractivity contribution is 8.26. The van der Waals surface area contributed by atoms with Crippen LogP contribution in [-0.4, -0.2) is 31.5 Å². The van der Waals surface area contributed by atoms with Crippen LogP contribution in [0, 0.1) is 13.8 Å². The Bertz CT molecular complexity index is 1160. The van der Waals surface area contributed by atoms with E-state index < -0.39 is 0 Å². The number of benzene rings is 2. The molecule has 158 valence electrons. The summed E-state index contributed by atoms with van der Waals surface area (Å²) >= 11 is 6.85. The second-order valence-corrected chi connectivity index (χ2v) is 9.39. The molecule has 4 rings (SSSR count). The fourth-order valence-electron chi connectivity index (χ4n) is 3.56. The van der Waals surface area contributed by atoms with E-state index in [1.54, 1.807) is 4.90 Å². The van der Waals surface area contributed by atoms with Gasteiger partial charge in [0.1, 0.15) is 10.0 Å². The van der Waals surface area contributed by atoms with Crippen LogP contribution in [0.4, 0.5) is 0 Å². The molecule has 0 spiro atoms. The number of unbranched alkanes of at least 4 members (excludes halogenated alkanes) is 1. The molecule has 2 aromatic carbocycles. The number of rotatable bonds is 6. The van der Waals surface area contributed by atoms with Crippen molar-refractivity contribution in [3.05, 3.63) is 76.3 Å². The fraction of sp³-hybridized carbons (Fsp3) is 0.240. The van der Waals surface area contributed by atoms with E-state index in [0.717, 1.165) is 40.9 Å². The summed E-state index contributed by atoms with van der Waals surface area (Å²) < 4.78 is 2.51. The van der Waals surface area contributed by atoms with Crippen molar-refractivity contribution in [1.29, 1.82) is 0 Å². The first-order valence-electron chi connectivity index (χ1n) is 10.5. The number of aryl methyl sites for hydroxylation is 2. The molecule has 1 amide bonds. The third kappa shape index (κ3) is 4.50. The first-order chi connectivity index (χ1) is 15.0. The van der Waals surface area contributed by atoms with E-state index in [4.69, 9.17) is 17.3 Å². The van der Waals surface area contributed by atoms with Crippen LogP contribution in [0.1, 0.15) is 36.5 Å². The summed E-state index contributed by atoms with van der Waals surface area (Å²) in [5.41, 5.74) is 6.14. The van der Waals surface area contributed by atoms with Gasteiger partial charge >= 0.3 is 0 Å². The van der Waals surface area contributed by atoms with Gasteiger partial charge in [0.25, 0.3) is 5.91 Å². The van der Waals surface area contributed by atoms with Crippen molar-refractivity contribution < 1.29 is 4.79 Å². The maximum atomic E-state index is 13.0. The molecule has 2 heterocycles. The largest absolute Gasteiger partial charge is 0.293 e. The number of carbonyl (C=O) groups excluding carboxylic acids is 1. The van der Waals surface area contributed by atoms with Crippen molar-refractivity contribution in [2.75, 3.05) is 6.54 Å². The lowest BCUT2D eigenvalue weighted by molar-refractivity contribution is -0.122. The van der Waals surface area contributed by atoms with Crippen LogP contribution in [0.3, 0.4) is 0 Å². The molecule has 0 unspecified atom stereocenters. The monoisotopic (exact) mass is 447 g/mol. The number of carbonyl (C=O) groups is 1. The van der Waals surface area contributed by atoms with Crippen LogP contribution in [0.15, 0.2) is 59.6 Å². The number of para-hydroxylation sites is 1. The minimum atomic E-state index is -0.0113. The zero-order chi connectivity index (χ0) is 22.0. The van der Waals surface area contributed by atoms with Crippen molar-refractivity contribution in [2.24, 2.45) is 0 Å². The van der Waals surface area contributed by atoms with E-state index in [1.807, 2.05) is 47.3 Å². The molecule has 4 nitrogen and oxygen atoms in total. The topological polar surface area (TPSA) is 38.1 Å². The lowest BCUT2D eigenvalue weighted by Crippen LogP contribution is -2.28. The van der Waals surface area contributed by atoms with Crippen LogP contribution in [0.2, 0.25) is 0 Å². The number of aromatic nitrogens is 2. The number of hydrogen-bond acceptors (Lipinski definition) is 4. The van der Waals surface area contributed by atoms with Gasteiger partial charge < -0.3 is 0 Å². The van der Waals surface area contributed by atoms with Gasteiger partial charge in [0, 0.05) is 23.9 Å². The zero-order valence-corrected chi connectivity index (χ0v) is 19.6. The molecule has 6 heteroatoms. The third-order valence-electron chi connectivity index (χ3n) is 5.31. The Morgan fingerprint density at radius 2 is 1.90 bits per heavy atom. The molecule has 0 radical (unpaired) electrons. The Morgan fingerprint density at radius 3 is 2.65 bits per heavy atom. The van der Waals surface area contributed by atoms with Gasteiger partial charge in [0.2, 0.25) is 0 Å². The Kier molecular flexibility index (Phi) is 6.39. The second-order valence-electron chi connectivity index (χ2n) is 7.72. The molecule has 1 aliphatic rings. The van der Waals surface area contributed by atoms with Gasteiger partial charge in [-0.2, -0.15) is 5.10 Å². The molecule has 0 bridgehead atoms. The number of thiocarbonyl (C=S) groups is 1. The van der Waals surface area contributed by atoms with Crippen molar-refractivity contribution in [1.82, 2.24) is 14.7 Å². The van der Waals surface area contributed by atoms with Crippen molar-refractivity contribution >= 4 is 40.3 Å². The summed E-state index contributed by atoms with van der Waals surface area (Å²) in [7, 11) is 0. The van der Waals surface area contributed by atoms with Crippen LogP contribution in [0.25, 0.3) is 23.0 Å². The molecule has 0 aliphatic carbocycles. The van der Waals surface area contributed by atoms with Gasteiger partial charge in [-0.05, 0) is 50.1 Å². The summed E-state index contributed by atoms with van der Waals surface area (Å²) in [5.74, 6) is -0.0113. The Labute approximate surface area is 193 Å². The van der Waals surface area contributed by atoms with Crippen LogP contribution in [0.5, 0.6) is 0 Å². The predicted octanol–water partition coefficient (Wildman–Crippen LogP) is 6.16. The molecule has 0 saturated carbocycles. The summed E-state index contributed by atoms with van der Waals surface area (Å²) in [6.07, 6.45) is 5.90. The highest BCUT2D eigenvalue weighted by Gasteiger charge is 2.32. The highest BCUT2D eigenvalue weighted by atomic mass is 32.2. The maximum Gasteiger partial charge on any atom is 0.266 e. The maximum absolute atomic E-state index is 13.0. The summed E-state index contributed by atoms with van der Waals surface area (Å²) in [4.78, 5) is 15.4. The average molecular weight is 448 g/mol. The predicted molar refractivity (Wildman–Crippen MR) is 133 cm³/mol. The molecule has 0 atom stereocenters. The van der Waals surface area contributed by atoms with Crippen LogP contribution in [-0.2, 0) is 4.79 Å². The highest BCUT2D eigenvalue weighted by Crippen LogP contribution is 2.35. The summed E-state index contributed by atoms with van der Waals surface area (Å²) in [6, 6.07) is 16.4. The van der Waals surface area contributed by atoms with Gasteiger partial charge in [0.05, 0.1) is 10.6 Å². The molecular formula is C25H25N3OS2. The smallest absolute Gasteiger partial charge is 0.266 e.